The SMILES string of the molecule is Brc1ccc(B2O[B]OB(c3ccc(Br)cc3)O2)cc1. The monoisotopic (exact) mass is 391 g/mol. The second-order valence-corrected chi connectivity index (χ2v) is 6.10. The largest absolute Gasteiger partial charge is 0.466 e. The number of benzene rings is 2. The summed E-state index contributed by atoms with van der Waals surface area (Å²) in [4.78, 5) is 0. The van der Waals surface area contributed by atoms with E-state index in [-0.39, 0.29) is 0 Å². The van der Waals surface area contributed by atoms with E-state index in [0.29, 0.717) is 0 Å². The highest BCUT2D eigenvalue weighted by Crippen LogP contribution is 2.10. The van der Waals surface area contributed by atoms with Crippen molar-refractivity contribution >= 4 is 64.7 Å². The van der Waals surface area contributed by atoms with Crippen LogP contribution in [0.4, 0.5) is 0 Å². The predicted octanol–water partition coefficient (Wildman–Crippen LogP) is 1.90. The molecule has 0 unspecified atom stereocenters. The van der Waals surface area contributed by atoms with E-state index in [9.17, 15) is 0 Å². The normalized spacial score (nSPS) is 15.1. The highest BCUT2D eigenvalue weighted by Gasteiger charge is 2.35. The molecule has 1 heterocycles. The molecule has 3 nitrogen and oxygen atoms in total. The van der Waals surface area contributed by atoms with Gasteiger partial charge in [0.1, 0.15) is 0 Å². The molecule has 0 bridgehead atoms. The number of hydrogen-bond acceptors (Lipinski definition) is 3. The lowest BCUT2D eigenvalue weighted by Crippen LogP contribution is -2.54. The second-order valence-electron chi connectivity index (χ2n) is 4.27. The second kappa shape index (κ2) is 6.49. The van der Waals surface area contributed by atoms with E-state index in [4.69, 9.17) is 13.7 Å². The van der Waals surface area contributed by atoms with Gasteiger partial charge in [-0.2, -0.15) is 0 Å². The predicted molar refractivity (Wildman–Crippen MR) is 88.1 cm³/mol. The Labute approximate surface area is 135 Å². The summed E-state index contributed by atoms with van der Waals surface area (Å²) in [5.74, 6) is 0. The molecule has 20 heavy (non-hydrogen) atoms. The molecule has 2 aromatic rings. The molecule has 0 atom stereocenters. The first-order chi connectivity index (χ1) is 9.72. The van der Waals surface area contributed by atoms with Crippen molar-refractivity contribution in [3.63, 3.8) is 0 Å². The Morgan fingerprint density at radius 1 is 0.700 bits per heavy atom. The van der Waals surface area contributed by atoms with Gasteiger partial charge in [-0.05, 0) is 35.2 Å². The molecule has 8 heteroatoms. The van der Waals surface area contributed by atoms with Gasteiger partial charge in [0.05, 0.1) is 0 Å². The first-order valence-electron chi connectivity index (χ1n) is 6.01. The molecule has 0 aliphatic carbocycles. The molecule has 2 aromatic carbocycles. The Balaban J connectivity index is 1.76. The van der Waals surface area contributed by atoms with E-state index < -0.39 is 14.2 Å². The first-order valence-corrected chi connectivity index (χ1v) is 7.60. The summed E-state index contributed by atoms with van der Waals surface area (Å²) in [5, 5.41) is 0. The van der Waals surface area contributed by atoms with Crippen LogP contribution in [0.2, 0.25) is 0 Å². The van der Waals surface area contributed by atoms with E-state index in [1.54, 1.807) is 0 Å². The molecule has 3 rings (SSSR count). The molecular formula is C12H8B3Br2O3. The van der Waals surface area contributed by atoms with Gasteiger partial charge in [0.2, 0.25) is 0 Å². The van der Waals surface area contributed by atoms with Crippen LogP contribution in [0.3, 0.4) is 0 Å². The van der Waals surface area contributed by atoms with Crippen molar-refractivity contribution in [3.05, 3.63) is 57.5 Å². The van der Waals surface area contributed by atoms with Gasteiger partial charge in [-0.3, -0.25) is 0 Å². The van der Waals surface area contributed by atoms with Crippen LogP contribution in [0, 0.1) is 0 Å². The van der Waals surface area contributed by atoms with Crippen molar-refractivity contribution in [2.45, 2.75) is 0 Å². The van der Waals surface area contributed by atoms with Crippen molar-refractivity contribution in [1.29, 1.82) is 0 Å². The topological polar surface area (TPSA) is 27.7 Å². The Kier molecular flexibility index (Phi) is 4.68. The van der Waals surface area contributed by atoms with Crippen LogP contribution in [0.1, 0.15) is 0 Å². The minimum absolute atomic E-state index is 0.467. The van der Waals surface area contributed by atoms with E-state index in [1.807, 2.05) is 48.5 Å². The molecule has 0 spiro atoms. The molecular weight excluding hydrogens is 384 g/mol. The van der Waals surface area contributed by atoms with Crippen molar-refractivity contribution in [3.8, 4) is 0 Å². The van der Waals surface area contributed by atoms with Gasteiger partial charge in [-0.25, -0.2) is 0 Å². The van der Waals surface area contributed by atoms with E-state index in [0.717, 1.165) is 19.9 Å². The van der Waals surface area contributed by atoms with Crippen LogP contribution in [-0.2, 0) is 13.7 Å². The average molecular weight is 392 g/mol. The maximum absolute atomic E-state index is 5.83. The lowest BCUT2D eigenvalue weighted by Gasteiger charge is -2.25. The fourth-order valence-electron chi connectivity index (χ4n) is 1.86. The third-order valence-electron chi connectivity index (χ3n) is 2.89. The smallest absolute Gasteiger partial charge is 0.451 e. The Morgan fingerprint density at radius 2 is 1.10 bits per heavy atom. The molecule has 1 radical (unpaired) electrons. The molecule has 1 aliphatic rings. The summed E-state index contributed by atoms with van der Waals surface area (Å²) < 4.78 is 18.6. The Morgan fingerprint density at radius 3 is 1.50 bits per heavy atom. The lowest BCUT2D eigenvalue weighted by molar-refractivity contribution is 0.321. The fraction of sp³-hybridized carbons (Fsp3) is 0. The summed E-state index contributed by atoms with van der Waals surface area (Å²) in [6.45, 7) is 0. The van der Waals surface area contributed by atoms with E-state index >= 15 is 0 Å². The van der Waals surface area contributed by atoms with Gasteiger partial charge in [-0.1, -0.05) is 56.1 Å². The van der Waals surface area contributed by atoms with Gasteiger partial charge in [-0.15, -0.1) is 0 Å². The molecule has 0 N–H and O–H groups in total. The molecule has 97 valence electrons. The zero-order valence-electron chi connectivity index (χ0n) is 10.3. The average Bonchev–Trinajstić information content (AvgIpc) is 2.49. The van der Waals surface area contributed by atoms with Gasteiger partial charge in [0.25, 0.3) is 0 Å². The quantitative estimate of drug-likeness (QED) is 0.731. The van der Waals surface area contributed by atoms with Crippen LogP contribution < -0.4 is 10.9 Å². The molecule has 1 aliphatic heterocycles. The third-order valence-corrected chi connectivity index (χ3v) is 3.95. The fourth-order valence-corrected chi connectivity index (χ4v) is 2.39. The zero-order chi connectivity index (χ0) is 13.9. The molecule has 1 saturated heterocycles. The Bertz CT molecular complexity index is 528. The standard InChI is InChI=1S/C12H8B3Br2O3/c16-11-5-1-9(2-6-11)14-18-13-19-15(20-14)10-3-7-12(17)8-4-10/h1-8H. The van der Waals surface area contributed by atoms with Gasteiger partial charge < -0.3 is 13.7 Å². The van der Waals surface area contributed by atoms with Crippen LogP contribution in [0.25, 0.3) is 0 Å². The van der Waals surface area contributed by atoms with Crippen LogP contribution >= 0.6 is 31.9 Å². The molecule has 0 aromatic heterocycles. The van der Waals surface area contributed by atoms with Crippen molar-refractivity contribution < 1.29 is 13.7 Å². The Hall–Kier alpha value is -0.525. The van der Waals surface area contributed by atoms with Crippen LogP contribution in [0.5, 0.6) is 0 Å². The zero-order valence-corrected chi connectivity index (χ0v) is 13.5. The van der Waals surface area contributed by atoms with Crippen molar-refractivity contribution in [1.82, 2.24) is 0 Å². The highest BCUT2D eigenvalue weighted by atomic mass is 79.9. The first kappa shape index (κ1) is 14.4. The molecule has 1 fully saturated rings. The molecule has 0 amide bonds. The summed E-state index contributed by atoms with van der Waals surface area (Å²) in [6, 6.07) is 15.6. The van der Waals surface area contributed by atoms with E-state index in [1.165, 1.54) is 7.69 Å². The highest BCUT2D eigenvalue weighted by molar-refractivity contribution is 9.10. The summed E-state index contributed by atoms with van der Waals surface area (Å²) >= 11 is 6.81. The van der Waals surface area contributed by atoms with Gasteiger partial charge in [0.15, 0.2) is 0 Å². The minimum atomic E-state index is -0.467. The van der Waals surface area contributed by atoms with Gasteiger partial charge in [0, 0.05) is 8.95 Å². The number of halogens is 2. The summed E-state index contributed by atoms with van der Waals surface area (Å²) in [6.07, 6.45) is 0. The maximum atomic E-state index is 5.83. The maximum Gasteiger partial charge on any atom is 0.466 e. The number of hydrogen-bond donors (Lipinski definition) is 0. The van der Waals surface area contributed by atoms with Gasteiger partial charge >= 0.3 is 21.9 Å². The summed E-state index contributed by atoms with van der Waals surface area (Å²) in [5.41, 5.74) is 1.88. The number of rotatable bonds is 2. The van der Waals surface area contributed by atoms with Crippen LogP contribution in [-0.4, -0.2) is 21.9 Å². The van der Waals surface area contributed by atoms with Crippen molar-refractivity contribution in [2.75, 3.05) is 0 Å². The van der Waals surface area contributed by atoms with E-state index in [2.05, 4.69) is 31.9 Å². The third kappa shape index (κ3) is 3.38. The minimum Gasteiger partial charge on any atom is -0.451 e. The van der Waals surface area contributed by atoms with Crippen LogP contribution in [0.15, 0.2) is 57.5 Å². The molecule has 0 saturated carbocycles. The summed E-state index contributed by atoms with van der Waals surface area (Å²) in [7, 11) is 0.402. The van der Waals surface area contributed by atoms with Crippen molar-refractivity contribution in [2.24, 2.45) is 0 Å². The lowest BCUT2D eigenvalue weighted by atomic mass is 9.67.